The smallest absolute Gasteiger partial charge is 0.349 e. The number of aryl methyl sites for hydroxylation is 1. The van der Waals surface area contributed by atoms with Gasteiger partial charge in [0, 0.05) is 17.8 Å². The third-order valence-corrected chi connectivity index (χ3v) is 7.70. The van der Waals surface area contributed by atoms with E-state index in [1.807, 2.05) is 41.3 Å². The largest absolute Gasteiger partial charge is 0.497 e. The second kappa shape index (κ2) is 12.5. The number of aromatic nitrogens is 3. The Morgan fingerprint density at radius 3 is 2.46 bits per heavy atom. The molecule has 8 nitrogen and oxygen atoms in total. The van der Waals surface area contributed by atoms with Crippen molar-refractivity contribution in [3.63, 3.8) is 0 Å². The molecule has 0 aliphatic heterocycles. The van der Waals surface area contributed by atoms with Crippen molar-refractivity contribution in [1.82, 2.24) is 19.1 Å². The molecule has 39 heavy (non-hydrogen) atoms. The quantitative estimate of drug-likeness (QED) is 0.281. The molecule has 0 aliphatic rings. The summed E-state index contributed by atoms with van der Waals surface area (Å²) in [4.78, 5) is 29.9. The van der Waals surface area contributed by atoms with Gasteiger partial charge in [-0.25, -0.2) is 4.79 Å². The SMILES string of the molecule is CCC(C)C(c1cc2c(Cl)c(C)nn2c(=O)n1Cc1ccccc1)N(CCCN)C(=O)c1ccc(OC)cc1. The van der Waals surface area contributed by atoms with Crippen molar-refractivity contribution >= 4 is 23.0 Å². The molecule has 2 heterocycles. The van der Waals surface area contributed by atoms with Crippen molar-refractivity contribution in [2.45, 2.75) is 46.2 Å². The third kappa shape index (κ3) is 5.87. The fourth-order valence-corrected chi connectivity index (χ4v) is 5.09. The maximum Gasteiger partial charge on any atom is 0.349 e. The van der Waals surface area contributed by atoms with Crippen molar-refractivity contribution in [2.24, 2.45) is 11.7 Å². The Morgan fingerprint density at radius 2 is 1.85 bits per heavy atom. The van der Waals surface area contributed by atoms with Crippen molar-refractivity contribution < 1.29 is 9.53 Å². The van der Waals surface area contributed by atoms with Crippen LogP contribution in [0.2, 0.25) is 5.02 Å². The van der Waals surface area contributed by atoms with Gasteiger partial charge >= 0.3 is 5.69 Å². The molecule has 0 spiro atoms. The summed E-state index contributed by atoms with van der Waals surface area (Å²) in [6, 6.07) is 18.4. The Morgan fingerprint density at radius 1 is 1.15 bits per heavy atom. The van der Waals surface area contributed by atoms with Crippen molar-refractivity contribution in [1.29, 1.82) is 0 Å². The molecule has 0 radical (unpaired) electrons. The molecule has 2 N–H and O–H groups in total. The highest BCUT2D eigenvalue weighted by atomic mass is 35.5. The maximum absolute atomic E-state index is 14.1. The van der Waals surface area contributed by atoms with Crippen LogP contribution in [0.15, 0.2) is 65.5 Å². The fraction of sp³-hybridized carbons (Fsp3) is 0.367. The summed E-state index contributed by atoms with van der Waals surface area (Å²) < 4.78 is 8.36. The first-order valence-electron chi connectivity index (χ1n) is 13.3. The van der Waals surface area contributed by atoms with Crippen LogP contribution < -0.4 is 16.2 Å². The molecule has 0 fully saturated rings. The molecular formula is C30H36ClN5O3. The van der Waals surface area contributed by atoms with Crippen molar-refractivity contribution in [3.8, 4) is 5.75 Å². The minimum atomic E-state index is -0.413. The van der Waals surface area contributed by atoms with Gasteiger partial charge in [0.05, 0.1) is 35.9 Å². The molecule has 2 aromatic carbocycles. The molecule has 0 aliphatic carbocycles. The topological polar surface area (TPSA) is 94.9 Å². The Kier molecular flexibility index (Phi) is 9.09. The number of ether oxygens (including phenoxy) is 1. The number of rotatable bonds is 11. The molecule has 4 rings (SSSR count). The van der Waals surface area contributed by atoms with Gasteiger partial charge in [0.1, 0.15) is 5.75 Å². The van der Waals surface area contributed by atoms with Crippen LogP contribution in [0.1, 0.15) is 60.0 Å². The van der Waals surface area contributed by atoms with Crippen LogP contribution in [0.4, 0.5) is 0 Å². The summed E-state index contributed by atoms with van der Waals surface area (Å²) in [6.45, 7) is 7.17. The van der Waals surface area contributed by atoms with Crippen LogP contribution in [-0.2, 0) is 6.54 Å². The van der Waals surface area contributed by atoms with E-state index in [-0.39, 0.29) is 17.5 Å². The molecule has 0 bridgehead atoms. The van der Waals surface area contributed by atoms with Crippen LogP contribution in [0.3, 0.4) is 0 Å². The second-order valence-corrected chi connectivity index (χ2v) is 10.2. The normalized spacial score (nSPS) is 12.9. The summed E-state index contributed by atoms with van der Waals surface area (Å²) >= 11 is 6.63. The molecule has 9 heteroatoms. The average Bonchev–Trinajstić information content (AvgIpc) is 3.25. The number of methoxy groups -OCH3 is 1. The van der Waals surface area contributed by atoms with Gasteiger partial charge in [-0.3, -0.25) is 9.36 Å². The number of carbonyl (C=O) groups excluding carboxylic acids is 1. The predicted molar refractivity (Wildman–Crippen MR) is 155 cm³/mol. The lowest BCUT2D eigenvalue weighted by Crippen LogP contribution is -2.43. The highest BCUT2D eigenvalue weighted by Gasteiger charge is 2.33. The van der Waals surface area contributed by atoms with Gasteiger partial charge in [0.2, 0.25) is 0 Å². The van der Waals surface area contributed by atoms with E-state index in [1.54, 1.807) is 42.9 Å². The highest BCUT2D eigenvalue weighted by Crippen LogP contribution is 2.34. The van der Waals surface area contributed by atoms with Gasteiger partial charge in [0.15, 0.2) is 0 Å². The number of hydrogen-bond acceptors (Lipinski definition) is 5. The Labute approximate surface area is 234 Å². The molecule has 2 atom stereocenters. The van der Waals surface area contributed by atoms with Gasteiger partial charge in [-0.2, -0.15) is 9.61 Å². The Balaban J connectivity index is 1.95. The monoisotopic (exact) mass is 549 g/mol. The first kappa shape index (κ1) is 28.4. The number of carbonyl (C=O) groups is 1. The minimum Gasteiger partial charge on any atom is -0.497 e. The zero-order valence-corrected chi connectivity index (χ0v) is 23.7. The van der Waals surface area contributed by atoms with Gasteiger partial charge in [-0.05, 0) is 61.7 Å². The lowest BCUT2D eigenvalue weighted by Gasteiger charge is -2.37. The first-order valence-corrected chi connectivity index (χ1v) is 13.7. The summed E-state index contributed by atoms with van der Waals surface area (Å²) in [5, 5.41) is 4.84. The van der Waals surface area contributed by atoms with E-state index < -0.39 is 6.04 Å². The number of amides is 1. The van der Waals surface area contributed by atoms with E-state index in [1.165, 1.54) is 4.52 Å². The molecule has 0 saturated heterocycles. The number of nitrogens with zero attached hydrogens (tertiary/aromatic N) is 4. The minimum absolute atomic E-state index is 0.0247. The summed E-state index contributed by atoms with van der Waals surface area (Å²) in [5.74, 6) is 0.564. The van der Waals surface area contributed by atoms with E-state index in [2.05, 4.69) is 18.9 Å². The second-order valence-electron chi connectivity index (χ2n) is 9.82. The van der Waals surface area contributed by atoms with Gasteiger partial charge in [-0.1, -0.05) is 62.2 Å². The lowest BCUT2D eigenvalue weighted by molar-refractivity contribution is 0.0594. The zero-order valence-electron chi connectivity index (χ0n) is 22.9. The van der Waals surface area contributed by atoms with Crippen LogP contribution in [-0.4, -0.2) is 45.2 Å². The molecule has 4 aromatic rings. The van der Waals surface area contributed by atoms with E-state index in [9.17, 15) is 9.59 Å². The van der Waals surface area contributed by atoms with Gasteiger partial charge in [0.25, 0.3) is 5.91 Å². The molecule has 0 saturated carbocycles. The van der Waals surface area contributed by atoms with Crippen molar-refractivity contribution in [3.05, 3.63) is 98.7 Å². The van der Waals surface area contributed by atoms with Crippen LogP contribution >= 0.6 is 11.6 Å². The van der Waals surface area contributed by atoms with Gasteiger partial charge in [-0.15, -0.1) is 0 Å². The Bertz CT molecular complexity index is 1480. The highest BCUT2D eigenvalue weighted by molar-refractivity contribution is 6.34. The Hall–Kier alpha value is -3.62. The summed E-state index contributed by atoms with van der Waals surface area (Å²) in [5.41, 5.74) is 8.94. The maximum atomic E-state index is 14.1. The van der Waals surface area contributed by atoms with Crippen LogP contribution in [0.5, 0.6) is 5.75 Å². The van der Waals surface area contributed by atoms with Crippen LogP contribution in [0, 0.1) is 12.8 Å². The molecule has 2 unspecified atom stereocenters. The zero-order chi connectivity index (χ0) is 28.1. The molecule has 1 amide bonds. The summed E-state index contributed by atoms with van der Waals surface area (Å²) in [6.07, 6.45) is 1.41. The molecule has 2 aromatic heterocycles. The number of halogens is 1. The van der Waals surface area contributed by atoms with E-state index in [0.717, 1.165) is 12.0 Å². The third-order valence-electron chi connectivity index (χ3n) is 7.24. The number of hydrogen-bond donors (Lipinski definition) is 1. The van der Waals surface area contributed by atoms with Crippen LogP contribution in [0.25, 0.3) is 5.52 Å². The first-order chi connectivity index (χ1) is 18.8. The van der Waals surface area contributed by atoms with E-state index in [4.69, 9.17) is 22.1 Å². The number of benzene rings is 2. The predicted octanol–water partition coefficient (Wildman–Crippen LogP) is 5.09. The van der Waals surface area contributed by atoms with E-state index >= 15 is 0 Å². The average molecular weight is 550 g/mol. The lowest BCUT2D eigenvalue weighted by atomic mass is 9.92. The molecular weight excluding hydrogens is 514 g/mol. The summed E-state index contributed by atoms with van der Waals surface area (Å²) in [7, 11) is 1.59. The number of nitrogens with two attached hydrogens (primary N) is 1. The standard InChI is InChI=1S/C30H36ClN5O3/c1-5-20(2)28(34(17-9-16-32)29(37)23-12-14-24(39-4)15-13-23)26-18-25-27(31)21(3)33-36(25)30(38)35(26)19-22-10-7-6-8-11-22/h6-8,10-15,18,20,28H,5,9,16-17,19,32H2,1-4H3. The van der Waals surface area contributed by atoms with Crippen molar-refractivity contribution in [2.75, 3.05) is 20.2 Å². The molecule has 206 valence electrons. The number of fused-ring (bicyclic) bond motifs is 1. The van der Waals surface area contributed by atoms with E-state index in [0.29, 0.717) is 59.3 Å². The van der Waals surface area contributed by atoms with Gasteiger partial charge < -0.3 is 15.4 Å². The fourth-order valence-electron chi connectivity index (χ4n) is 4.92.